The van der Waals surface area contributed by atoms with Crippen molar-refractivity contribution in [2.24, 2.45) is 5.41 Å². The number of aliphatic hydroxyl groups excluding tert-OH is 1. The molecular formula is C14H20N2O2. The Bertz CT molecular complexity index is 426. The first-order chi connectivity index (χ1) is 8.65. The molecule has 2 N–H and O–H groups in total. The van der Waals surface area contributed by atoms with Crippen molar-refractivity contribution < 1.29 is 9.90 Å². The molecule has 0 radical (unpaired) electrons. The maximum Gasteiger partial charge on any atom is 0.252 e. The highest BCUT2D eigenvalue weighted by molar-refractivity contribution is 5.94. The summed E-state index contributed by atoms with van der Waals surface area (Å²) < 4.78 is 0. The second kappa shape index (κ2) is 5.48. The maximum atomic E-state index is 12.0. The molecule has 0 atom stereocenters. The normalized spacial score (nSPS) is 17.7. The smallest absolute Gasteiger partial charge is 0.252 e. The van der Waals surface area contributed by atoms with E-state index in [4.69, 9.17) is 0 Å². The molecule has 98 valence electrons. The molecule has 0 saturated heterocycles. The van der Waals surface area contributed by atoms with Crippen LogP contribution in [0.15, 0.2) is 18.5 Å². The first-order valence-electron chi connectivity index (χ1n) is 6.46. The van der Waals surface area contributed by atoms with Gasteiger partial charge in [-0.3, -0.25) is 9.78 Å². The minimum absolute atomic E-state index is 0.104. The number of amides is 1. The van der Waals surface area contributed by atoms with Crippen molar-refractivity contribution in [3.63, 3.8) is 0 Å². The van der Waals surface area contributed by atoms with E-state index in [1.165, 1.54) is 0 Å². The highest BCUT2D eigenvalue weighted by Gasteiger charge is 2.33. The lowest BCUT2D eigenvalue weighted by Crippen LogP contribution is -2.38. The Morgan fingerprint density at radius 3 is 2.78 bits per heavy atom. The van der Waals surface area contributed by atoms with Crippen LogP contribution in [0.4, 0.5) is 0 Å². The van der Waals surface area contributed by atoms with Gasteiger partial charge in [0.25, 0.3) is 5.91 Å². The zero-order valence-corrected chi connectivity index (χ0v) is 10.8. The molecule has 0 bridgehead atoms. The van der Waals surface area contributed by atoms with Crippen LogP contribution in [0.1, 0.15) is 41.6 Å². The third-order valence-corrected chi connectivity index (χ3v) is 3.76. The van der Waals surface area contributed by atoms with E-state index in [-0.39, 0.29) is 17.9 Å². The summed E-state index contributed by atoms with van der Waals surface area (Å²) in [6.07, 6.45) is 7.57. The molecule has 1 amide bonds. The van der Waals surface area contributed by atoms with Gasteiger partial charge in [-0.15, -0.1) is 0 Å². The molecule has 1 aromatic rings. The second-order valence-electron chi connectivity index (χ2n) is 5.30. The molecule has 1 aromatic heterocycles. The predicted octanol–water partition coefficient (Wildman–Crippen LogP) is 1.67. The van der Waals surface area contributed by atoms with Crippen LogP contribution in [-0.2, 0) is 0 Å². The summed E-state index contributed by atoms with van der Waals surface area (Å²) in [4.78, 5) is 16.0. The van der Waals surface area contributed by atoms with Crippen molar-refractivity contribution in [3.05, 3.63) is 29.6 Å². The molecule has 0 unspecified atom stereocenters. The Kier molecular flexibility index (Phi) is 3.97. The van der Waals surface area contributed by atoms with E-state index < -0.39 is 0 Å². The van der Waals surface area contributed by atoms with Gasteiger partial charge in [-0.1, -0.05) is 12.8 Å². The standard InChI is InChI=1S/C14H20N2O2/c1-11-6-12(8-15-7-11)13(18)16-9-14(10-17)4-2-3-5-14/h6-8,17H,2-5,9-10H2,1H3,(H,16,18). The Morgan fingerprint density at radius 2 is 2.17 bits per heavy atom. The Morgan fingerprint density at radius 1 is 1.44 bits per heavy atom. The molecule has 1 fully saturated rings. The molecular weight excluding hydrogens is 228 g/mol. The summed E-state index contributed by atoms with van der Waals surface area (Å²) in [5.41, 5.74) is 1.45. The summed E-state index contributed by atoms with van der Waals surface area (Å²) in [5, 5.41) is 12.4. The fourth-order valence-electron chi connectivity index (χ4n) is 2.56. The van der Waals surface area contributed by atoms with Gasteiger partial charge in [0.2, 0.25) is 0 Å². The van der Waals surface area contributed by atoms with E-state index in [2.05, 4.69) is 10.3 Å². The fourth-order valence-corrected chi connectivity index (χ4v) is 2.56. The lowest BCUT2D eigenvalue weighted by molar-refractivity contribution is 0.0880. The zero-order chi connectivity index (χ0) is 13.0. The van der Waals surface area contributed by atoms with Crippen molar-refractivity contribution in [3.8, 4) is 0 Å². The van der Waals surface area contributed by atoms with E-state index in [0.717, 1.165) is 31.2 Å². The van der Waals surface area contributed by atoms with Gasteiger partial charge in [-0.05, 0) is 31.4 Å². The number of aliphatic hydroxyl groups is 1. The van der Waals surface area contributed by atoms with Crippen molar-refractivity contribution in [2.75, 3.05) is 13.2 Å². The molecule has 18 heavy (non-hydrogen) atoms. The molecule has 4 heteroatoms. The number of nitrogens with zero attached hydrogens (tertiary/aromatic N) is 1. The minimum Gasteiger partial charge on any atom is -0.396 e. The van der Waals surface area contributed by atoms with Crippen LogP contribution in [-0.4, -0.2) is 29.1 Å². The Balaban J connectivity index is 1.96. The van der Waals surface area contributed by atoms with Gasteiger partial charge >= 0.3 is 0 Å². The van der Waals surface area contributed by atoms with E-state index >= 15 is 0 Å². The number of aryl methyl sites for hydroxylation is 1. The molecule has 0 aliphatic heterocycles. The lowest BCUT2D eigenvalue weighted by atomic mass is 9.87. The van der Waals surface area contributed by atoms with Gasteiger partial charge in [-0.2, -0.15) is 0 Å². The van der Waals surface area contributed by atoms with Crippen molar-refractivity contribution in [1.82, 2.24) is 10.3 Å². The van der Waals surface area contributed by atoms with Crippen molar-refractivity contribution in [2.45, 2.75) is 32.6 Å². The Labute approximate surface area is 107 Å². The predicted molar refractivity (Wildman–Crippen MR) is 69.3 cm³/mol. The second-order valence-corrected chi connectivity index (χ2v) is 5.30. The minimum atomic E-state index is -0.106. The average Bonchev–Trinajstić information content (AvgIpc) is 2.85. The number of carbonyl (C=O) groups excluding carboxylic acids is 1. The summed E-state index contributed by atoms with van der Waals surface area (Å²) in [5.74, 6) is -0.106. The van der Waals surface area contributed by atoms with Crippen LogP contribution in [0.2, 0.25) is 0 Å². The van der Waals surface area contributed by atoms with E-state index in [1.807, 2.05) is 13.0 Å². The first kappa shape index (κ1) is 13.0. The van der Waals surface area contributed by atoms with Crippen LogP contribution in [0, 0.1) is 12.3 Å². The average molecular weight is 248 g/mol. The van der Waals surface area contributed by atoms with Gasteiger partial charge in [0.1, 0.15) is 0 Å². The van der Waals surface area contributed by atoms with Crippen molar-refractivity contribution >= 4 is 5.91 Å². The molecule has 0 aromatic carbocycles. The van der Waals surface area contributed by atoms with Crippen LogP contribution in [0.25, 0.3) is 0 Å². The first-order valence-corrected chi connectivity index (χ1v) is 6.46. The van der Waals surface area contributed by atoms with Crippen LogP contribution >= 0.6 is 0 Å². The number of hydrogen-bond acceptors (Lipinski definition) is 3. The zero-order valence-electron chi connectivity index (χ0n) is 10.8. The lowest BCUT2D eigenvalue weighted by Gasteiger charge is -2.26. The van der Waals surface area contributed by atoms with E-state index in [0.29, 0.717) is 12.1 Å². The largest absolute Gasteiger partial charge is 0.396 e. The molecule has 0 spiro atoms. The number of carbonyl (C=O) groups is 1. The highest BCUT2D eigenvalue weighted by atomic mass is 16.3. The maximum absolute atomic E-state index is 12.0. The molecule has 2 rings (SSSR count). The highest BCUT2D eigenvalue weighted by Crippen LogP contribution is 2.36. The number of rotatable bonds is 4. The number of pyridine rings is 1. The van der Waals surface area contributed by atoms with Crippen LogP contribution in [0.5, 0.6) is 0 Å². The molecule has 1 heterocycles. The van der Waals surface area contributed by atoms with Gasteiger partial charge < -0.3 is 10.4 Å². The molecule has 1 saturated carbocycles. The summed E-state index contributed by atoms with van der Waals surface area (Å²) in [7, 11) is 0. The molecule has 1 aliphatic carbocycles. The van der Waals surface area contributed by atoms with Crippen LogP contribution < -0.4 is 5.32 Å². The third-order valence-electron chi connectivity index (χ3n) is 3.76. The summed E-state index contributed by atoms with van der Waals surface area (Å²) in [6, 6.07) is 1.82. The summed E-state index contributed by atoms with van der Waals surface area (Å²) in [6.45, 7) is 2.62. The SMILES string of the molecule is Cc1cncc(C(=O)NCC2(CO)CCCC2)c1. The monoisotopic (exact) mass is 248 g/mol. The number of hydrogen-bond donors (Lipinski definition) is 2. The summed E-state index contributed by atoms with van der Waals surface area (Å²) >= 11 is 0. The van der Waals surface area contributed by atoms with Crippen LogP contribution in [0.3, 0.4) is 0 Å². The van der Waals surface area contributed by atoms with Crippen molar-refractivity contribution in [1.29, 1.82) is 0 Å². The molecule has 1 aliphatic rings. The van der Waals surface area contributed by atoms with Gasteiger partial charge in [0.15, 0.2) is 0 Å². The van der Waals surface area contributed by atoms with Gasteiger partial charge in [0.05, 0.1) is 12.2 Å². The Hall–Kier alpha value is -1.42. The van der Waals surface area contributed by atoms with Gasteiger partial charge in [0, 0.05) is 24.4 Å². The topological polar surface area (TPSA) is 62.2 Å². The third kappa shape index (κ3) is 2.88. The number of aromatic nitrogens is 1. The van der Waals surface area contributed by atoms with E-state index in [1.54, 1.807) is 12.4 Å². The van der Waals surface area contributed by atoms with Gasteiger partial charge in [-0.25, -0.2) is 0 Å². The molecule has 4 nitrogen and oxygen atoms in total. The fraction of sp³-hybridized carbons (Fsp3) is 0.571. The van der Waals surface area contributed by atoms with E-state index in [9.17, 15) is 9.90 Å². The quantitative estimate of drug-likeness (QED) is 0.852. The number of nitrogens with one attached hydrogen (secondary N) is 1.